The molecule has 17 heavy (non-hydrogen) atoms. The van der Waals surface area contributed by atoms with Crippen molar-refractivity contribution < 1.29 is 9.84 Å². The molecule has 0 saturated heterocycles. The van der Waals surface area contributed by atoms with Gasteiger partial charge < -0.3 is 15.2 Å². The number of rotatable bonds is 10. The van der Waals surface area contributed by atoms with Gasteiger partial charge in [-0.05, 0) is 52.4 Å². The number of aliphatic hydroxyl groups is 1. The third kappa shape index (κ3) is 6.39. The molecule has 0 amide bonds. The lowest BCUT2D eigenvalue weighted by molar-refractivity contribution is 0.0586. The van der Waals surface area contributed by atoms with Gasteiger partial charge in [0, 0.05) is 18.2 Å². The molecule has 102 valence electrons. The van der Waals surface area contributed by atoms with Crippen molar-refractivity contribution in [3.05, 3.63) is 0 Å². The molecule has 2 atom stereocenters. The van der Waals surface area contributed by atoms with Crippen LogP contribution in [0.1, 0.15) is 59.3 Å². The maximum atomic E-state index is 9.45. The Morgan fingerprint density at radius 3 is 2.65 bits per heavy atom. The molecule has 3 nitrogen and oxygen atoms in total. The molecule has 2 unspecified atom stereocenters. The topological polar surface area (TPSA) is 41.5 Å². The van der Waals surface area contributed by atoms with Gasteiger partial charge in [-0.25, -0.2) is 0 Å². The number of ether oxygens (including phenoxy) is 1. The predicted octanol–water partition coefficient (Wildman–Crippen LogP) is 2.47. The van der Waals surface area contributed by atoms with Crippen LogP contribution in [-0.2, 0) is 4.74 Å². The van der Waals surface area contributed by atoms with E-state index >= 15 is 0 Å². The van der Waals surface area contributed by atoms with Gasteiger partial charge in [0.05, 0.1) is 12.7 Å². The van der Waals surface area contributed by atoms with Crippen LogP contribution < -0.4 is 5.32 Å². The predicted molar refractivity (Wildman–Crippen MR) is 71.2 cm³/mol. The van der Waals surface area contributed by atoms with Crippen LogP contribution in [-0.4, -0.2) is 36.0 Å². The number of aliphatic hydroxyl groups excluding tert-OH is 1. The first-order valence-electron chi connectivity index (χ1n) is 7.10. The zero-order valence-corrected chi connectivity index (χ0v) is 11.7. The molecule has 0 aromatic rings. The Morgan fingerprint density at radius 2 is 2.12 bits per heavy atom. The Bertz CT molecular complexity index is 206. The number of unbranched alkanes of at least 4 members (excludes halogenated alkanes) is 1. The zero-order valence-electron chi connectivity index (χ0n) is 11.7. The second kappa shape index (κ2) is 7.34. The molecule has 1 fully saturated rings. The van der Waals surface area contributed by atoms with Crippen LogP contribution in [0.3, 0.4) is 0 Å². The smallest absolute Gasteiger partial charge is 0.0610 e. The Labute approximate surface area is 106 Å². The van der Waals surface area contributed by atoms with E-state index in [0.29, 0.717) is 12.1 Å². The Morgan fingerprint density at radius 1 is 1.41 bits per heavy atom. The molecule has 0 bridgehead atoms. The van der Waals surface area contributed by atoms with Gasteiger partial charge in [0.25, 0.3) is 0 Å². The standard InChI is InChI=1S/C14H29NO2/c1-4-12(2)17-10-6-5-9-14(3,11-16)15-13-7-8-13/h12-13,15-16H,4-11H2,1-3H3. The molecule has 2 N–H and O–H groups in total. The summed E-state index contributed by atoms with van der Waals surface area (Å²) in [6.07, 6.45) is 7.24. The van der Waals surface area contributed by atoms with Crippen LogP contribution in [0.5, 0.6) is 0 Å². The quantitative estimate of drug-likeness (QED) is 0.579. The molecule has 0 aromatic carbocycles. The molecule has 0 heterocycles. The lowest BCUT2D eigenvalue weighted by atomic mass is 9.95. The summed E-state index contributed by atoms with van der Waals surface area (Å²) in [5, 5.41) is 13.0. The van der Waals surface area contributed by atoms with Crippen molar-refractivity contribution in [1.29, 1.82) is 0 Å². The first-order chi connectivity index (χ1) is 8.09. The molecule has 1 saturated carbocycles. The summed E-state index contributed by atoms with van der Waals surface area (Å²) in [6.45, 7) is 7.47. The van der Waals surface area contributed by atoms with Crippen LogP contribution in [0.25, 0.3) is 0 Å². The van der Waals surface area contributed by atoms with Crippen molar-refractivity contribution in [2.75, 3.05) is 13.2 Å². The third-order valence-corrected chi connectivity index (χ3v) is 3.58. The molecule has 1 aliphatic rings. The fraction of sp³-hybridized carbons (Fsp3) is 1.00. The van der Waals surface area contributed by atoms with E-state index in [1.165, 1.54) is 12.8 Å². The van der Waals surface area contributed by atoms with E-state index in [2.05, 4.69) is 26.1 Å². The van der Waals surface area contributed by atoms with Gasteiger partial charge in [-0.1, -0.05) is 6.92 Å². The normalized spacial score (nSPS) is 21.2. The summed E-state index contributed by atoms with van der Waals surface area (Å²) in [6, 6.07) is 0.656. The van der Waals surface area contributed by atoms with Crippen LogP contribution in [0, 0.1) is 0 Å². The lowest BCUT2D eigenvalue weighted by Crippen LogP contribution is -2.46. The molecule has 0 spiro atoms. The summed E-state index contributed by atoms with van der Waals surface area (Å²) < 4.78 is 5.65. The van der Waals surface area contributed by atoms with Crippen molar-refractivity contribution in [2.45, 2.75) is 77.0 Å². The molecule has 0 radical (unpaired) electrons. The average molecular weight is 243 g/mol. The highest BCUT2D eigenvalue weighted by molar-refractivity contribution is 4.92. The van der Waals surface area contributed by atoms with Crippen molar-refractivity contribution in [1.82, 2.24) is 5.32 Å². The highest BCUT2D eigenvalue weighted by Crippen LogP contribution is 2.24. The summed E-state index contributed by atoms with van der Waals surface area (Å²) in [5.74, 6) is 0. The lowest BCUT2D eigenvalue weighted by Gasteiger charge is -2.29. The molecular weight excluding hydrogens is 214 g/mol. The summed E-state index contributed by atoms with van der Waals surface area (Å²) >= 11 is 0. The molecule has 0 aliphatic heterocycles. The minimum absolute atomic E-state index is 0.0858. The van der Waals surface area contributed by atoms with Crippen molar-refractivity contribution >= 4 is 0 Å². The van der Waals surface area contributed by atoms with Gasteiger partial charge in [0.1, 0.15) is 0 Å². The number of hydrogen-bond donors (Lipinski definition) is 2. The van der Waals surface area contributed by atoms with E-state index in [0.717, 1.165) is 32.3 Å². The SMILES string of the molecule is CCC(C)OCCCCC(C)(CO)NC1CC1. The van der Waals surface area contributed by atoms with E-state index in [1.807, 2.05) is 0 Å². The minimum Gasteiger partial charge on any atom is -0.394 e. The van der Waals surface area contributed by atoms with Gasteiger partial charge in [-0.2, -0.15) is 0 Å². The molecular formula is C14H29NO2. The highest BCUT2D eigenvalue weighted by atomic mass is 16.5. The van der Waals surface area contributed by atoms with Crippen molar-refractivity contribution in [2.24, 2.45) is 0 Å². The van der Waals surface area contributed by atoms with Crippen LogP contribution in [0.2, 0.25) is 0 Å². The fourth-order valence-corrected chi connectivity index (χ4v) is 1.94. The monoisotopic (exact) mass is 243 g/mol. The average Bonchev–Trinajstić information content (AvgIpc) is 3.12. The van der Waals surface area contributed by atoms with E-state index in [-0.39, 0.29) is 12.1 Å². The van der Waals surface area contributed by atoms with E-state index in [4.69, 9.17) is 4.74 Å². The fourth-order valence-electron chi connectivity index (χ4n) is 1.94. The van der Waals surface area contributed by atoms with Gasteiger partial charge >= 0.3 is 0 Å². The summed E-state index contributed by atoms with van der Waals surface area (Å²) in [4.78, 5) is 0. The van der Waals surface area contributed by atoms with Crippen molar-refractivity contribution in [3.63, 3.8) is 0 Å². The Hall–Kier alpha value is -0.120. The first-order valence-corrected chi connectivity index (χ1v) is 7.10. The van der Waals surface area contributed by atoms with Crippen LogP contribution in [0.15, 0.2) is 0 Å². The highest BCUT2D eigenvalue weighted by Gasteiger charge is 2.31. The van der Waals surface area contributed by atoms with Crippen molar-refractivity contribution in [3.8, 4) is 0 Å². The van der Waals surface area contributed by atoms with Crippen LogP contribution in [0.4, 0.5) is 0 Å². The first kappa shape index (κ1) is 14.9. The zero-order chi connectivity index (χ0) is 12.7. The Balaban J connectivity index is 2.06. The number of nitrogens with one attached hydrogen (secondary N) is 1. The second-order valence-corrected chi connectivity index (χ2v) is 5.68. The summed E-state index contributed by atoms with van der Waals surface area (Å²) in [5.41, 5.74) is -0.0858. The van der Waals surface area contributed by atoms with E-state index < -0.39 is 0 Å². The van der Waals surface area contributed by atoms with Gasteiger partial charge in [0.15, 0.2) is 0 Å². The number of hydrogen-bond acceptors (Lipinski definition) is 3. The maximum Gasteiger partial charge on any atom is 0.0610 e. The second-order valence-electron chi connectivity index (χ2n) is 5.68. The molecule has 3 heteroatoms. The summed E-state index contributed by atoms with van der Waals surface area (Å²) in [7, 11) is 0. The third-order valence-electron chi connectivity index (χ3n) is 3.58. The Kier molecular flexibility index (Phi) is 6.45. The maximum absolute atomic E-state index is 9.45. The van der Waals surface area contributed by atoms with Crippen LogP contribution >= 0.6 is 0 Å². The molecule has 0 aromatic heterocycles. The van der Waals surface area contributed by atoms with E-state index in [1.54, 1.807) is 0 Å². The largest absolute Gasteiger partial charge is 0.394 e. The van der Waals surface area contributed by atoms with Gasteiger partial charge in [0.2, 0.25) is 0 Å². The minimum atomic E-state index is -0.0858. The molecule has 1 aliphatic carbocycles. The molecule has 1 rings (SSSR count). The van der Waals surface area contributed by atoms with Gasteiger partial charge in [-0.15, -0.1) is 0 Å². The van der Waals surface area contributed by atoms with Gasteiger partial charge in [-0.3, -0.25) is 0 Å². The van der Waals surface area contributed by atoms with E-state index in [9.17, 15) is 5.11 Å².